The molecule has 0 saturated carbocycles. The van der Waals surface area contributed by atoms with E-state index in [1.165, 1.54) is 11.3 Å². The molecule has 6 nitrogen and oxygen atoms in total. The summed E-state index contributed by atoms with van der Waals surface area (Å²) in [6, 6.07) is 11.4. The number of carbonyl (C=O) groups excluding carboxylic acids is 1. The van der Waals surface area contributed by atoms with Crippen molar-refractivity contribution in [3.05, 3.63) is 53.1 Å². The Bertz CT molecular complexity index is 1030. The molecule has 0 aromatic heterocycles. The Kier molecular flexibility index (Phi) is 7.73. The summed E-state index contributed by atoms with van der Waals surface area (Å²) in [6.07, 6.45) is 4.39. The van der Waals surface area contributed by atoms with Gasteiger partial charge in [-0.1, -0.05) is 26.0 Å². The van der Waals surface area contributed by atoms with Crippen LogP contribution in [0.1, 0.15) is 49.8 Å². The summed E-state index contributed by atoms with van der Waals surface area (Å²) >= 11 is 0. The van der Waals surface area contributed by atoms with E-state index in [4.69, 9.17) is 0 Å². The number of hydrogen-bond acceptors (Lipinski definition) is 4. The van der Waals surface area contributed by atoms with Gasteiger partial charge in [-0.15, -0.1) is 0 Å². The van der Waals surface area contributed by atoms with Gasteiger partial charge >= 0.3 is 0 Å². The van der Waals surface area contributed by atoms with Gasteiger partial charge in [-0.05, 0) is 73.6 Å². The minimum absolute atomic E-state index is 0.101. The minimum Gasteiger partial charge on any atom is -0.371 e. The van der Waals surface area contributed by atoms with E-state index in [2.05, 4.69) is 40.1 Å². The second kappa shape index (κ2) is 10.3. The molecule has 0 atom stereocenters. The summed E-state index contributed by atoms with van der Waals surface area (Å²) in [5, 5.41) is 2.75. The number of nitrogens with one attached hydrogen (secondary N) is 2. The van der Waals surface area contributed by atoms with Crippen LogP contribution in [-0.4, -0.2) is 34.0 Å². The smallest absolute Gasteiger partial charge is 0.240 e. The highest BCUT2D eigenvalue weighted by Crippen LogP contribution is 2.28. The molecule has 0 bridgehead atoms. The monoisotopic (exact) mass is 443 g/mol. The number of rotatable bonds is 9. The molecule has 2 aromatic carbocycles. The first-order chi connectivity index (χ1) is 14.8. The number of fused-ring (bicyclic) bond motifs is 1. The number of amides is 1. The van der Waals surface area contributed by atoms with E-state index < -0.39 is 10.0 Å². The van der Waals surface area contributed by atoms with E-state index in [9.17, 15) is 13.2 Å². The van der Waals surface area contributed by atoms with Crippen LogP contribution >= 0.6 is 0 Å². The van der Waals surface area contributed by atoms with E-state index in [0.717, 1.165) is 37.9 Å². The molecule has 0 radical (unpaired) electrons. The lowest BCUT2D eigenvalue weighted by Crippen LogP contribution is -2.30. The normalized spacial score (nSPS) is 13.7. The molecule has 2 aromatic rings. The SMILES string of the molecule is CCCN1CCCc2cc(CCNS(=O)(=O)c3ccc(NC(=O)CC)cc3C)ccc21. The summed E-state index contributed by atoms with van der Waals surface area (Å²) < 4.78 is 28.3. The van der Waals surface area contributed by atoms with Crippen molar-refractivity contribution in [2.24, 2.45) is 0 Å². The van der Waals surface area contributed by atoms with Gasteiger partial charge in [0.25, 0.3) is 0 Å². The zero-order valence-corrected chi connectivity index (χ0v) is 19.5. The molecule has 3 rings (SSSR count). The highest BCUT2D eigenvalue weighted by molar-refractivity contribution is 7.89. The first kappa shape index (κ1) is 23.3. The Balaban J connectivity index is 1.63. The van der Waals surface area contributed by atoms with Gasteiger partial charge in [-0.3, -0.25) is 4.79 Å². The highest BCUT2D eigenvalue weighted by Gasteiger charge is 2.18. The average Bonchev–Trinajstić information content (AvgIpc) is 2.73. The summed E-state index contributed by atoms with van der Waals surface area (Å²) in [5.41, 5.74) is 5.04. The Labute approximate surface area is 186 Å². The van der Waals surface area contributed by atoms with Crippen molar-refractivity contribution in [2.75, 3.05) is 29.9 Å². The fourth-order valence-corrected chi connectivity index (χ4v) is 5.33. The molecular weight excluding hydrogens is 410 g/mol. The topological polar surface area (TPSA) is 78.5 Å². The van der Waals surface area contributed by atoms with Crippen LogP contribution in [0.25, 0.3) is 0 Å². The number of aryl methyl sites for hydroxylation is 2. The number of sulfonamides is 1. The quantitative estimate of drug-likeness (QED) is 0.613. The molecule has 7 heteroatoms. The van der Waals surface area contributed by atoms with Crippen LogP contribution in [-0.2, 0) is 27.7 Å². The van der Waals surface area contributed by atoms with Crippen LogP contribution < -0.4 is 14.9 Å². The molecule has 1 amide bonds. The lowest BCUT2D eigenvalue weighted by Gasteiger charge is -2.31. The van der Waals surface area contributed by atoms with Crippen LogP contribution in [0, 0.1) is 6.92 Å². The summed E-state index contributed by atoms with van der Waals surface area (Å²) in [6.45, 7) is 8.24. The zero-order valence-electron chi connectivity index (χ0n) is 18.7. The van der Waals surface area contributed by atoms with E-state index in [0.29, 0.717) is 30.6 Å². The van der Waals surface area contributed by atoms with Crippen molar-refractivity contribution in [1.82, 2.24) is 4.72 Å². The average molecular weight is 444 g/mol. The lowest BCUT2D eigenvalue weighted by atomic mass is 9.98. The van der Waals surface area contributed by atoms with Gasteiger partial charge in [-0.25, -0.2) is 13.1 Å². The molecule has 0 saturated heterocycles. The van der Waals surface area contributed by atoms with Crippen LogP contribution in [0.4, 0.5) is 11.4 Å². The Hall–Kier alpha value is -2.38. The maximum absolute atomic E-state index is 12.8. The van der Waals surface area contributed by atoms with Crippen molar-refractivity contribution >= 4 is 27.3 Å². The van der Waals surface area contributed by atoms with E-state index in [1.807, 2.05) is 0 Å². The molecule has 1 aliphatic heterocycles. The largest absolute Gasteiger partial charge is 0.371 e. The molecule has 168 valence electrons. The second-order valence-electron chi connectivity index (χ2n) is 8.08. The zero-order chi connectivity index (χ0) is 22.4. The number of nitrogens with zero attached hydrogens (tertiary/aromatic N) is 1. The fraction of sp³-hybridized carbons (Fsp3) is 0.458. The van der Waals surface area contributed by atoms with Crippen molar-refractivity contribution in [3.8, 4) is 0 Å². The highest BCUT2D eigenvalue weighted by atomic mass is 32.2. The molecule has 0 fully saturated rings. The second-order valence-corrected chi connectivity index (χ2v) is 9.82. The molecule has 0 spiro atoms. The third-order valence-electron chi connectivity index (χ3n) is 5.63. The fourth-order valence-electron chi connectivity index (χ4n) is 4.07. The number of hydrogen-bond donors (Lipinski definition) is 2. The van der Waals surface area contributed by atoms with Gasteiger partial charge < -0.3 is 10.2 Å². The van der Waals surface area contributed by atoms with Crippen molar-refractivity contribution in [1.29, 1.82) is 0 Å². The number of anilines is 2. The van der Waals surface area contributed by atoms with E-state index in [-0.39, 0.29) is 10.8 Å². The lowest BCUT2D eigenvalue weighted by molar-refractivity contribution is -0.115. The molecule has 1 aliphatic rings. The van der Waals surface area contributed by atoms with Crippen molar-refractivity contribution in [2.45, 2.75) is 57.8 Å². The molecule has 31 heavy (non-hydrogen) atoms. The van der Waals surface area contributed by atoms with Crippen molar-refractivity contribution in [3.63, 3.8) is 0 Å². The number of carbonyl (C=O) groups is 1. The minimum atomic E-state index is -3.62. The summed E-state index contributed by atoms with van der Waals surface area (Å²) in [7, 11) is -3.62. The molecule has 0 unspecified atom stereocenters. The summed E-state index contributed by atoms with van der Waals surface area (Å²) in [4.78, 5) is 14.2. The maximum atomic E-state index is 12.8. The van der Waals surface area contributed by atoms with Crippen LogP contribution in [0.3, 0.4) is 0 Å². The van der Waals surface area contributed by atoms with E-state index >= 15 is 0 Å². The predicted molar refractivity (Wildman–Crippen MR) is 126 cm³/mol. The molecule has 1 heterocycles. The molecule has 2 N–H and O–H groups in total. The Morgan fingerprint density at radius 1 is 1.13 bits per heavy atom. The number of benzene rings is 2. The first-order valence-electron chi connectivity index (χ1n) is 11.1. The van der Waals surface area contributed by atoms with Gasteiger partial charge in [-0.2, -0.15) is 0 Å². The standard InChI is InChI=1S/C24H33N3O3S/c1-4-14-27-15-6-7-20-17-19(8-10-22(20)27)12-13-25-31(29,30)23-11-9-21(16-18(23)3)26-24(28)5-2/h8-11,16-17,25H,4-7,12-15H2,1-3H3,(H,26,28). The third-order valence-corrected chi connectivity index (χ3v) is 7.25. The van der Waals surface area contributed by atoms with Crippen LogP contribution in [0.2, 0.25) is 0 Å². The molecular formula is C24H33N3O3S. The third kappa shape index (κ3) is 5.86. The Morgan fingerprint density at radius 3 is 2.65 bits per heavy atom. The van der Waals surface area contributed by atoms with Crippen LogP contribution in [0.15, 0.2) is 41.3 Å². The van der Waals surface area contributed by atoms with Gasteiger partial charge in [0, 0.05) is 37.4 Å². The summed E-state index contributed by atoms with van der Waals surface area (Å²) in [5.74, 6) is -0.101. The van der Waals surface area contributed by atoms with E-state index in [1.54, 1.807) is 32.0 Å². The van der Waals surface area contributed by atoms with Gasteiger partial charge in [0.1, 0.15) is 0 Å². The Morgan fingerprint density at radius 2 is 1.94 bits per heavy atom. The van der Waals surface area contributed by atoms with Gasteiger partial charge in [0.15, 0.2) is 0 Å². The van der Waals surface area contributed by atoms with Gasteiger partial charge in [0.05, 0.1) is 4.90 Å². The molecule has 0 aliphatic carbocycles. The first-order valence-corrected chi connectivity index (χ1v) is 12.6. The van der Waals surface area contributed by atoms with Crippen molar-refractivity contribution < 1.29 is 13.2 Å². The van der Waals surface area contributed by atoms with Crippen LogP contribution in [0.5, 0.6) is 0 Å². The maximum Gasteiger partial charge on any atom is 0.240 e. The predicted octanol–water partition coefficient (Wildman–Crippen LogP) is 4.03. The van der Waals surface area contributed by atoms with Gasteiger partial charge in [0.2, 0.25) is 15.9 Å².